The molecule has 0 unspecified atom stereocenters. The molecule has 30 heavy (non-hydrogen) atoms. The van der Waals surface area contributed by atoms with Gasteiger partial charge in [-0.25, -0.2) is 8.42 Å². The van der Waals surface area contributed by atoms with Crippen molar-refractivity contribution in [3.05, 3.63) is 53.6 Å². The molecule has 1 fully saturated rings. The van der Waals surface area contributed by atoms with E-state index in [4.69, 9.17) is 0 Å². The summed E-state index contributed by atoms with van der Waals surface area (Å²) in [4.78, 5) is 16.4. The molecule has 0 spiro atoms. The van der Waals surface area contributed by atoms with E-state index in [-0.39, 0.29) is 5.91 Å². The van der Waals surface area contributed by atoms with Crippen molar-refractivity contribution in [1.82, 2.24) is 0 Å². The van der Waals surface area contributed by atoms with Crippen molar-refractivity contribution < 1.29 is 13.2 Å². The number of carbonyl (C=O) groups is 1. The Hall–Kier alpha value is -1.99. The van der Waals surface area contributed by atoms with Crippen LogP contribution in [0.3, 0.4) is 0 Å². The molecule has 2 aromatic rings. The number of carbonyl (C=O) groups excluding carboxylic acids is 1. The van der Waals surface area contributed by atoms with E-state index in [0.29, 0.717) is 17.8 Å². The number of nitrogens with zero attached hydrogens (tertiary/aromatic N) is 2. The monoisotopic (exact) mass is 444 g/mol. The minimum Gasteiger partial charge on any atom is -0.308 e. The Morgan fingerprint density at radius 1 is 1.20 bits per heavy atom. The smallest absolute Gasteiger partial charge is 0.260 e. The Bertz CT molecular complexity index is 1050. The lowest BCUT2D eigenvalue weighted by atomic mass is 10.1. The van der Waals surface area contributed by atoms with E-state index >= 15 is 0 Å². The van der Waals surface area contributed by atoms with E-state index in [1.165, 1.54) is 47.5 Å². The molecule has 1 aliphatic heterocycles. The zero-order chi connectivity index (χ0) is 21.3. The molecule has 0 aromatic heterocycles. The normalized spacial score (nSPS) is 15.9. The van der Waals surface area contributed by atoms with Gasteiger partial charge in [-0.3, -0.25) is 9.10 Å². The van der Waals surface area contributed by atoms with Crippen molar-refractivity contribution in [1.29, 1.82) is 0 Å². The highest BCUT2D eigenvalue weighted by atomic mass is 32.2. The van der Waals surface area contributed by atoms with Crippen LogP contribution in [0.25, 0.3) is 0 Å². The number of thioether (sulfide) groups is 1. The molecule has 160 valence electrons. The van der Waals surface area contributed by atoms with Gasteiger partial charge in [0.25, 0.3) is 5.91 Å². The number of hydrogen-bond donors (Lipinski definition) is 0. The van der Waals surface area contributed by atoms with Crippen LogP contribution in [0.1, 0.15) is 41.6 Å². The van der Waals surface area contributed by atoms with Crippen molar-refractivity contribution in [3.8, 4) is 0 Å². The van der Waals surface area contributed by atoms with E-state index in [1.807, 2.05) is 17.8 Å². The Morgan fingerprint density at radius 3 is 2.70 bits per heavy atom. The van der Waals surface area contributed by atoms with Crippen molar-refractivity contribution >= 4 is 39.1 Å². The number of para-hydroxylation sites is 1. The summed E-state index contributed by atoms with van der Waals surface area (Å²) in [7, 11) is -1.98. The third kappa shape index (κ3) is 4.67. The van der Waals surface area contributed by atoms with E-state index in [9.17, 15) is 13.2 Å². The molecule has 5 nitrogen and oxygen atoms in total. The fourth-order valence-electron chi connectivity index (χ4n) is 3.90. The first-order valence-corrected chi connectivity index (χ1v) is 13.3. The average molecular weight is 445 g/mol. The Balaban J connectivity index is 1.50. The first-order chi connectivity index (χ1) is 14.3. The standard InChI is InChI=1S/C23H28N2O3S2/c1-24(30(2,27)28)22-8-4-3-7-20(22)23(26)25-14-13-18-16-19(11-12-21(18)25)29-15-5-6-17-9-10-17/h3-4,7-8,11-12,16-17H,5-6,9-10,13-15H2,1-2H3. The van der Waals surface area contributed by atoms with Crippen molar-refractivity contribution in [2.24, 2.45) is 5.92 Å². The Morgan fingerprint density at radius 2 is 1.97 bits per heavy atom. The molecule has 1 aliphatic carbocycles. The second kappa shape index (κ2) is 8.63. The lowest BCUT2D eigenvalue weighted by Crippen LogP contribution is -2.32. The highest BCUT2D eigenvalue weighted by Crippen LogP contribution is 2.36. The summed E-state index contributed by atoms with van der Waals surface area (Å²) < 4.78 is 25.2. The van der Waals surface area contributed by atoms with Crippen LogP contribution in [0.15, 0.2) is 47.4 Å². The number of benzene rings is 2. The quantitative estimate of drug-likeness (QED) is 0.442. The fourth-order valence-corrected chi connectivity index (χ4v) is 5.35. The number of amides is 1. The molecular weight excluding hydrogens is 416 g/mol. The molecular formula is C23H28N2O3S2. The molecule has 1 heterocycles. The maximum atomic E-state index is 13.3. The second-order valence-electron chi connectivity index (χ2n) is 8.18. The van der Waals surface area contributed by atoms with Crippen molar-refractivity contribution in [2.45, 2.75) is 37.0 Å². The molecule has 1 amide bonds. The molecule has 0 bridgehead atoms. The summed E-state index contributed by atoms with van der Waals surface area (Å²) >= 11 is 1.89. The van der Waals surface area contributed by atoms with Gasteiger partial charge >= 0.3 is 0 Å². The van der Waals surface area contributed by atoms with Gasteiger partial charge in [0, 0.05) is 24.2 Å². The molecule has 0 atom stereocenters. The molecule has 2 aliphatic rings. The van der Waals surface area contributed by atoms with Gasteiger partial charge in [-0.05, 0) is 66.8 Å². The van der Waals surface area contributed by atoms with E-state index < -0.39 is 10.0 Å². The third-order valence-corrected chi connectivity index (χ3v) is 8.16. The van der Waals surface area contributed by atoms with Crippen LogP contribution in [-0.2, 0) is 16.4 Å². The second-order valence-corrected chi connectivity index (χ2v) is 11.4. The SMILES string of the molecule is CN(c1ccccc1C(=O)N1CCc2cc(SCCCC3CC3)ccc21)S(C)(=O)=O. The maximum Gasteiger partial charge on any atom is 0.260 e. The third-order valence-electron chi connectivity index (χ3n) is 5.89. The minimum absolute atomic E-state index is 0.162. The van der Waals surface area contributed by atoms with Gasteiger partial charge in [0.1, 0.15) is 0 Å². The van der Waals surface area contributed by atoms with E-state index in [0.717, 1.165) is 30.0 Å². The number of fused-ring (bicyclic) bond motifs is 1. The van der Waals surface area contributed by atoms with Gasteiger partial charge in [0.15, 0.2) is 0 Å². The first-order valence-electron chi connectivity index (χ1n) is 10.4. The molecule has 2 aromatic carbocycles. The zero-order valence-electron chi connectivity index (χ0n) is 17.5. The molecule has 4 rings (SSSR count). The summed E-state index contributed by atoms with van der Waals surface area (Å²) in [5.41, 5.74) is 2.92. The van der Waals surface area contributed by atoms with Gasteiger partial charge < -0.3 is 4.90 Å². The van der Waals surface area contributed by atoms with Crippen LogP contribution in [-0.4, -0.2) is 39.9 Å². The lowest BCUT2D eigenvalue weighted by molar-refractivity contribution is 0.0990. The predicted molar refractivity (Wildman–Crippen MR) is 124 cm³/mol. The average Bonchev–Trinajstić information content (AvgIpc) is 3.46. The summed E-state index contributed by atoms with van der Waals surface area (Å²) in [5, 5.41) is 0. The molecule has 7 heteroatoms. The van der Waals surface area contributed by atoms with E-state index in [2.05, 4.69) is 12.1 Å². The highest BCUT2D eigenvalue weighted by molar-refractivity contribution is 7.99. The summed E-state index contributed by atoms with van der Waals surface area (Å²) in [6, 6.07) is 13.2. The Kier molecular flexibility index (Phi) is 6.11. The number of rotatable bonds is 8. The molecule has 0 saturated heterocycles. The number of sulfonamides is 1. The van der Waals surface area contributed by atoms with Crippen LogP contribution in [0, 0.1) is 5.92 Å². The van der Waals surface area contributed by atoms with Gasteiger partial charge in [0.2, 0.25) is 10.0 Å². The highest BCUT2D eigenvalue weighted by Gasteiger charge is 2.29. The number of anilines is 2. The maximum absolute atomic E-state index is 13.3. The Labute approximate surface area is 183 Å². The summed E-state index contributed by atoms with van der Waals surface area (Å²) in [6.45, 7) is 0.612. The van der Waals surface area contributed by atoms with Gasteiger partial charge in [-0.2, -0.15) is 0 Å². The van der Waals surface area contributed by atoms with Crippen LogP contribution in [0.5, 0.6) is 0 Å². The molecule has 1 saturated carbocycles. The van der Waals surface area contributed by atoms with Crippen LogP contribution in [0.4, 0.5) is 11.4 Å². The van der Waals surface area contributed by atoms with Gasteiger partial charge in [0.05, 0.1) is 17.5 Å². The van der Waals surface area contributed by atoms with Crippen LogP contribution >= 0.6 is 11.8 Å². The van der Waals surface area contributed by atoms with Crippen molar-refractivity contribution in [3.63, 3.8) is 0 Å². The lowest BCUT2D eigenvalue weighted by Gasteiger charge is -2.23. The van der Waals surface area contributed by atoms with Gasteiger partial charge in [-0.15, -0.1) is 11.8 Å². The largest absolute Gasteiger partial charge is 0.308 e. The molecule has 0 radical (unpaired) electrons. The van der Waals surface area contributed by atoms with E-state index in [1.54, 1.807) is 29.2 Å². The van der Waals surface area contributed by atoms with Crippen molar-refractivity contribution in [2.75, 3.05) is 34.8 Å². The predicted octanol–water partition coefficient (Wildman–Crippen LogP) is 4.57. The first kappa shape index (κ1) is 21.2. The minimum atomic E-state index is -3.45. The fraction of sp³-hybridized carbons (Fsp3) is 0.435. The topological polar surface area (TPSA) is 57.7 Å². The molecule has 0 N–H and O–H groups in total. The number of hydrogen-bond acceptors (Lipinski definition) is 4. The zero-order valence-corrected chi connectivity index (χ0v) is 19.1. The van der Waals surface area contributed by atoms with Gasteiger partial charge in [-0.1, -0.05) is 25.0 Å². The summed E-state index contributed by atoms with van der Waals surface area (Å²) in [5.74, 6) is 1.96. The van der Waals surface area contributed by atoms with Crippen LogP contribution < -0.4 is 9.21 Å². The summed E-state index contributed by atoms with van der Waals surface area (Å²) in [6.07, 6.45) is 7.40. The van der Waals surface area contributed by atoms with Crippen LogP contribution in [0.2, 0.25) is 0 Å².